The molecule has 96 valence electrons. The van der Waals surface area contributed by atoms with E-state index in [0.717, 1.165) is 6.42 Å². The van der Waals surface area contributed by atoms with Crippen molar-refractivity contribution in [2.75, 3.05) is 5.43 Å². The summed E-state index contributed by atoms with van der Waals surface area (Å²) in [6.45, 7) is 5.86. The van der Waals surface area contributed by atoms with Crippen LogP contribution in [-0.2, 0) is 0 Å². The van der Waals surface area contributed by atoms with Gasteiger partial charge in [0.1, 0.15) is 0 Å². The van der Waals surface area contributed by atoms with Crippen molar-refractivity contribution in [2.24, 2.45) is 11.8 Å². The van der Waals surface area contributed by atoms with Crippen LogP contribution in [0, 0.1) is 17.6 Å². The molecule has 1 aromatic heterocycles. The number of rotatable bonds is 5. The molecule has 1 atom stereocenters. The highest BCUT2D eigenvalue weighted by Gasteiger charge is 2.15. The maximum atomic E-state index is 13.4. The summed E-state index contributed by atoms with van der Waals surface area (Å²) in [5.74, 6) is 3.30. The number of aromatic nitrogens is 1. The van der Waals surface area contributed by atoms with E-state index in [1.54, 1.807) is 6.92 Å². The molecule has 0 aliphatic rings. The molecular weight excluding hydrogens is 228 g/mol. The normalized spacial score (nSPS) is 12.6. The van der Waals surface area contributed by atoms with Crippen LogP contribution in [0.15, 0.2) is 6.07 Å². The number of nitrogen functional groups attached to an aromatic ring is 1. The van der Waals surface area contributed by atoms with E-state index in [9.17, 15) is 8.78 Å². The van der Waals surface area contributed by atoms with Crippen LogP contribution < -0.4 is 16.0 Å². The number of ether oxygens (including phenoxy) is 1. The number of hydrazine groups is 1. The predicted octanol–water partition coefficient (Wildman–Crippen LogP) is 2.46. The summed E-state index contributed by atoms with van der Waals surface area (Å²) in [5, 5.41) is 0. The van der Waals surface area contributed by atoms with E-state index in [1.165, 1.54) is 0 Å². The molecule has 0 aliphatic heterocycles. The zero-order chi connectivity index (χ0) is 13.0. The minimum absolute atomic E-state index is 0.201. The molecule has 6 heteroatoms. The fourth-order valence-corrected chi connectivity index (χ4v) is 1.54. The third kappa shape index (κ3) is 3.81. The second kappa shape index (κ2) is 5.77. The molecule has 1 aromatic rings. The van der Waals surface area contributed by atoms with Gasteiger partial charge in [-0.15, -0.1) is 0 Å². The van der Waals surface area contributed by atoms with E-state index in [0.29, 0.717) is 12.0 Å². The van der Waals surface area contributed by atoms with Gasteiger partial charge in [-0.25, -0.2) is 14.6 Å². The first-order valence-corrected chi connectivity index (χ1v) is 5.43. The molecule has 1 heterocycles. The third-order valence-corrected chi connectivity index (χ3v) is 2.15. The molecule has 0 saturated carbocycles. The second-order valence-electron chi connectivity index (χ2n) is 4.31. The molecule has 17 heavy (non-hydrogen) atoms. The van der Waals surface area contributed by atoms with Gasteiger partial charge in [0, 0.05) is 6.07 Å². The first kappa shape index (κ1) is 13.6. The van der Waals surface area contributed by atoms with Gasteiger partial charge in [0.2, 0.25) is 0 Å². The largest absolute Gasteiger partial charge is 0.473 e. The maximum Gasteiger partial charge on any atom is 0.252 e. The zero-order valence-electron chi connectivity index (χ0n) is 10.1. The Balaban J connectivity index is 2.83. The van der Waals surface area contributed by atoms with Gasteiger partial charge in [-0.2, -0.15) is 4.98 Å². The molecule has 0 saturated heterocycles. The van der Waals surface area contributed by atoms with E-state index < -0.39 is 11.6 Å². The van der Waals surface area contributed by atoms with E-state index in [-0.39, 0.29) is 17.8 Å². The molecule has 0 amide bonds. The summed E-state index contributed by atoms with van der Waals surface area (Å²) < 4.78 is 31.8. The predicted molar refractivity (Wildman–Crippen MR) is 61.5 cm³/mol. The Kier molecular flexibility index (Phi) is 4.62. The lowest BCUT2D eigenvalue weighted by atomic mass is 10.1. The minimum atomic E-state index is -0.853. The average Bonchev–Trinajstić information content (AvgIpc) is 2.20. The van der Waals surface area contributed by atoms with Crippen molar-refractivity contribution in [1.82, 2.24) is 4.98 Å². The maximum absolute atomic E-state index is 13.4. The van der Waals surface area contributed by atoms with Crippen LogP contribution in [0.1, 0.15) is 27.2 Å². The lowest BCUT2D eigenvalue weighted by molar-refractivity contribution is 0.177. The first-order valence-electron chi connectivity index (χ1n) is 5.43. The number of nitrogens with two attached hydrogens (primary N) is 1. The molecule has 0 bridgehead atoms. The van der Waals surface area contributed by atoms with E-state index >= 15 is 0 Å². The van der Waals surface area contributed by atoms with Crippen molar-refractivity contribution in [3.63, 3.8) is 0 Å². The highest BCUT2D eigenvalue weighted by molar-refractivity contribution is 5.38. The fourth-order valence-electron chi connectivity index (χ4n) is 1.54. The molecule has 1 unspecified atom stereocenters. The Morgan fingerprint density at radius 3 is 2.53 bits per heavy atom. The van der Waals surface area contributed by atoms with Crippen LogP contribution in [0.5, 0.6) is 5.88 Å². The summed E-state index contributed by atoms with van der Waals surface area (Å²) in [6, 6.07) is 0.694. The van der Waals surface area contributed by atoms with Crippen LogP contribution in [0.4, 0.5) is 14.6 Å². The lowest BCUT2D eigenvalue weighted by Gasteiger charge is -2.16. The van der Waals surface area contributed by atoms with E-state index in [4.69, 9.17) is 10.6 Å². The molecule has 1 rings (SSSR count). The van der Waals surface area contributed by atoms with Crippen LogP contribution in [0.2, 0.25) is 0 Å². The standard InChI is InChI=1S/C11H17F2N3O/c1-6(2)4-7(3)17-11-9(13)5-8(12)10(15-11)16-14/h5-7H,4,14H2,1-3H3,(H,15,16). The van der Waals surface area contributed by atoms with Crippen molar-refractivity contribution in [2.45, 2.75) is 33.3 Å². The molecule has 0 radical (unpaired) electrons. The molecule has 4 nitrogen and oxygen atoms in total. The molecular formula is C11H17F2N3O. The number of nitrogens with zero attached hydrogens (tertiary/aromatic N) is 1. The van der Waals surface area contributed by atoms with Gasteiger partial charge in [-0.1, -0.05) is 13.8 Å². The lowest BCUT2D eigenvalue weighted by Crippen LogP contribution is -2.18. The average molecular weight is 245 g/mol. The summed E-state index contributed by atoms with van der Waals surface area (Å²) in [6.07, 6.45) is 0.553. The highest BCUT2D eigenvalue weighted by Crippen LogP contribution is 2.22. The van der Waals surface area contributed by atoms with Crippen LogP contribution >= 0.6 is 0 Å². The van der Waals surface area contributed by atoms with Crippen molar-refractivity contribution < 1.29 is 13.5 Å². The second-order valence-corrected chi connectivity index (χ2v) is 4.31. The van der Waals surface area contributed by atoms with Gasteiger partial charge in [-0.3, -0.25) is 0 Å². The summed E-state index contributed by atoms with van der Waals surface area (Å²) in [4.78, 5) is 3.63. The number of halogens is 2. The summed E-state index contributed by atoms with van der Waals surface area (Å²) >= 11 is 0. The van der Waals surface area contributed by atoms with E-state index in [1.807, 2.05) is 19.3 Å². The van der Waals surface area contributed by atoms with Gasteiger partial charge in [0.05, 0.1) is 6.10 Å². The molecule has 0 aliphatic carbocycles. The summed E-state index contributed by atoms with van der Waals surface area (Å²) in [7, 11) is 0. The van der Waals surface area contributed by atoms with E-state index in [2.05, 4.69) is 4.98 Å². The number of anilines is 1. The highest BCUT2D eigenvalue weighted by atomic mass is 19.1. The van der Waals surface area contributed by atoms with Crippen molar-refractivity contribution in [3.05, 3.63) is 17.7 Å². The van der Waals surface area contributed by atoms with Crippen molar-refractivity contribution >= 4 is 5.82 Å². The first-order chi connectivity index (χ1) is 7.93. The van der Waals surface area contributed by atoms with Gasteiger partial charge in [0.15, 0.2) is 17.5 Å². The number of hydrogen-bond acceptors (Lipinski definition) is 4. The number of hydrogen-bond donors (Lipinski definition) is 2. The smallest absolute Gasteiger partial charge is 0.252 e. The molecule has 0 spiro atoms. The van der Waals surface area contributed by atoms with Crippen LogP contribution in [-0.4, -0.2) is 11.1 Å². The van der Waals surface area contributed by atoms with Gasteiger partial charge >= 0.3 is 0 Å². The Labute approximate surface area is 99.1 Å². The Morgan fingerprint density at radius 2 is 2.00 bits per heavy atom. The van der Waals surface area contributed by atoms with Gasteiger partial charge in [0.25, 0.3) is 5.88 Å². The van der Waals surface area contributed by atoms with Gasteiger partial charge in [-0.05, 0) is 19.3 Å². The Bertz CT molecular complexity index is 385. The molecule has 0 fully saturated rings. The zero-order valence-corrected chi connectivity index (χ0v) is 10.1. The molecule has 3 N–H and O–H groups in total. The van der Waals surface area contributed by atoms with Crippen LogP contribution in [0.25, 0.3) is 0 Å². The number of pyridine rings is 1. The fraction of sp³-hybridized carbons (Fsp3) is 0.545. The topological polar surface area (TPSA) is 60.2 Å². The van der Waals surface area contributed by atoms with Crippen molar-refractivity contribution in [3.8, 4) is 5.88 Å². The SMILES string of the molecule is CC(C)CC(C)Oc1nc(NN)c(F)cc1F. The van der Waals surface area contributed by atoms with Crippen molar-refractivity contribution in [1.29, 1.82) is 0 Å². The minimum Gasteiger partial charge on any atom is -0.473 e. The third-order valence-electron chi connectivity index (χ3n) is 2.15. The quantitative estimate of drug-likeness (QED) is 0.618. The monoisotopic (exact) mass is 245 g/mol. The van der Waals surface area contributed by atoms with Crippen LogP contribution in [0.3, 0.4) is 0 Å². The van der Waals surface area contributed by atoms with Gasteiger partial charge < -0.3 is 10.2 Å². The number of nitrogens with one attached hydrogen (secondary N) is 1. The Hall–Kier alpha value is -1.43. The molecule has 0 aromatic carbocycles. The Morgan fingerprint density at radius 1 is 1.35 bits per heavy atom. The summed E-state index contributed by atoms with van der Waals surface area (Å²) in [5.41, 5.74) is 2.04.